The van der Waals surface area contributed by atoms with Crippen molar-refractivity contribution in [1.82, 2.24) is 0 Å². The molecular formula is C40H76O4Si2Ti. The van der Waals surface area contributed by atoms with Crippen LogP contribution in [0.2, 0.25) is 33.2 Å². The average Bonchev–Trinajstić information content (AvgIpc) is 3.15. The van der Waals surface area contributed by atoms with E-state index in [0.29, 0.717) is 13.2 Å². The second-order valence-electron chi connectivity index (χ2n) is 17.3. The fourth-order valence-corrected chi connectivity index (χ4v) is 38.6. The molecule has 0 aromatic rings. The standard InChI is InChI=1S/2C18H33OSi.2C2H5O.Ti/c2*19-20(16-10-4-1-5-11-16,17-12-6-2-7-13-17)18-14-8-3-9-15-18;2*1-2-3;/h2*16-18H,1-15H2;2*2H2,1H3;/q4*-1;+4. The van der Waals surface area contributed by atoms with Gasteiger partial charge < -0.3 is 0 Å². The maximum absolute atomic E-state index is 8.55. The number of rotatable bonds is 14. The summed E-state index contributed by atoms with van der Waals surface area (Å²) in [5.41, 5.74) is 4.71. The second kappa shape index (κ2) is 18.7. The zero-order valence-electron chi connectivity index (χ0n) is 31.2. The van der Waals surface area contributed by atoms with E-state index in [1.54, 1.807) is 0 Å². The van der Waals surface area contributed by atoms with Crippen molar-refractivity contribution < 1.29 is 30.8 Å². The van der Waals surface area contributed by atoms with Crippen molar-refractivity contribution in [3.8, 4) is 0 Å². The van der Waals surface area contributed by atoms with Crippen LogP contribution in [-0.2, 0) is 30.8 Å². The first-order chi connectivity index (χ1) is 23.2. The van der Waals surface area contributed by atoms with Crippen LogP contribution in [-0.4, -0.2) is 29.8 Å². The Morgan fingerprint density at radius 2 is 0.532 bits per heavy atom. The molecule has 7 heteroatoms. The van der Waals surface area contributed by atoms with Crippen molar-refractivity contribution >= 4 is 16.6 Å². The van der Waals surface area contributed by atoms with Crippen molar-refractivity contribution in [2.75, 3.05) is 13.2 Å². The first-order valence-corrected chi connectivity index (χ1v) is 28.7. The third-order valence-electron chi connectivity index (χ3n) is 14.7. The topological polar surface area (TPSA) is 36.9 Å². The van der Waals surface area contributed by atoms with Gasteiger partial charge in [0.1, 0.15) is 0 Å². The van der Waals surface area contributed by atoms with E-state index in [-0.39, 0.29) is 0 Å². The summed E-state index contributed by atoms with van der Waals surface area (Å²) in [6, 6.07) is 0. The Kier molecular flexibility index (Phi) is 15.0. The van der Waals surface area contributed by atoms with Gasteiger partial charge >= 0.3 is 300 Å². The Balaban J connectivity index is 1.49. The van der Waals surface area contributed by atoms with E-state index in [1.165, 1.54) is 193 Å². The van der Waals surface area contributed by atoms with Crippen LogP contribution in [0, 0.1) is 0 Å². The van der Waals surface area contributed by atoms with Crippen molar-refractivity contribution in [1.29, 1.82) is 0 Å². The fourth-order valence-electron chi connectivity index (χ4n) is 12.8. The summed E-state index contributed by atoms with van der Waals surface area (Å²) < 4.78 is 31.7. The summed E-state index contributed by atoms with van der Waals surface area (Å²) in [6.07, 6.45) is 42.4. The van der Waals surface area contributed by atoms with E-state index in [0.717, 1.165) is 33.2 Å². The maximum atomic E-state index is 8.55. The quantitative estimate of drug-likeness (QED) is 0.167. The van der Waals surface area contributed by atoms with Crippen molar-refractivity contribution in [3.63, 3.8) is 0 Å². The van der Waals surface area contributed by atoms with Gasteiger partial charge in [-0.1, -0.05) is 0 Å². The molecule has 0 atom stereocenters. The summed E-state index contributed by atoms with van der Waals surface area (Å²) in [4.78, 5) is 0. The molecule has 6 fully saturated rings. The molecule has 0 radical (unpaired) electrons. The van der Waals surface area contributed by atoms with Crippen LogP contribution in [0.25, 0.3) is 0 Å². The Bertz CT molecular complexity index is 722. The van der Waals surface area contributed by atoms with Gasteiger partial charge in [-0.3, -0.25) is 0 Å². The van der Waals surface area contributed by atoms with Crippen LogP contribution in [0.4, 0.5) is 0 Å². The van der Waals surface area contributed by atoms with E-state index >= 15 is 0 Å². The first-order valence-electron chi connectivity index (χ1n) is 21.8. The molecule has 0 N–H and O–H groups in total. The van der Waals surface area contributed by atoms with Crippen molar-refractivity contribution in [3.05, 3.63) is 0 Å². The van der Waals surface area contributed by atoms with Gasteiger partial charge in [0, 0.05) is 0 Å². The molecule has 6 aliphatic carbocycles. The molecule has 0 spiro atoms. The first kappa shape index (κ1) is 37.7. The molecule has 0 bridgehead atoms. The third-order valence-corrected chi connectivity index (χ3v) is 34.7. The van der Waals surface area contributed by atoms with Crippen LogP contribution in [0.1, 0.15) is 206 Å². The van der Waals surface area contributed by atoms with Gasteiger partial charge in [0.2, 0.25) is 0 Å². The van der Waals surface area contributed by atoms with Crippen LogP contribution in [0.5, 0.6) is 0 Å². The average molecular weight is 725 g/mol. The summed E-state index contributed by atoms with van der Waals surface area (Å²) in [7, 11) is -4.64. The van der Waals surface area contributed by atoms with Gasteiger partial charge in [0.25, 0.3) is 0 Å². The predicted molar refractivity (Wildman–Crippen MR) is 198 cm³/mol. The monoisotopic (exact) mass is 724 g/mol. The van der Waals surface area contributed by atoms with Gasteiger partial charge in [-0.05, 0) is 0 Å². The number of hydrogen-bond acceptors (Lipinski definition) is 4. The summed E-state index contributed by atoms with van der Waals surface area (Å²) in [5, 5.41) is 0. The summed E-state index contributed by atoms with van der Waals surface area (Å²) >= 11 is -4.20. The summed E-state index contributed by atoms with van der Waals surface area (Å²) in [6.45, 7) is 5.85. The Labute approximate surface area is 298 Å². The van der Waals surface area contributed by atoms with E-state index in [9.17, 15) is 0 Å². The summed E-state index contributed by atoms with van der Waals surface area (Å²) in [5.74, 6) is 0. The van der Waals surface area contributed by atoms with E-state index in [1.807, 2.05) is 0 Å². The van der Waals surface area contributed by atoms with Gasteiger partial charge in [0.05, 0.1) is 0 Å². The van der Waals surface area contributed by atoms with Crippen molar-refractivity contribution in [2.24, 2.45) is 0 Å². The zero-order valence-corrected chi connectivity index (χ0v) is 34.8. The molecule has 0 aliphatic heterocycles. The van der Waals surface area contributed by atoms with Gasteiger partial charge in [-0.2, -0.15) is 0 Å². The fraction of sp³-hybridized carbons (Fsp3) is 1.00. The van der Waals surface area contributed by atoms with Crippen molar-refractivity contribution in [2.45, 2.75) is 240 Å². The molecule has 0 aromatic carbocycles. The van der Waals surface area contributed by atoms with Gasteiger partial charge in [-0.15, -0.1) is 0 Å². The van der Waals surface area contributed by atoms with Crippen LogP contribution >= 0.6 is 0 Å². The predicted octanol–water partition coefficient (Wildman–Crippen LogP) is 13.8. The molecule has 272 valence electrons. The molecule has 6 rings (SSSR count). The van der Waals surface area contributed by atoms with E-state index in [4.69, 9.17) is 12.7 Å². The normalized spacial score (nSPS) is 26.9. The minimum absolute atomic E-state index is 0.689. The van der Waals surface area contributed by atoms with Crippen LogP contribution in [0.15, 0.2) is 0 Å². The second-order valence-corrected chi connectivity index (χ2v) is 30.4. The molecule has 6 saturated carbocycles. The molecule has 0 aromatic heterocycles. The van der Waals surface area contributed by atoms with E-state index < -0.39 is 34.8 Å². The molecule has 6 aliphatic rings. The Hall–Kier alpha value is 0.988. The molecule has 47 heavy (non-hydrogen) atoms. The molecule has 4 nitrogen and oxygen atoms in total. The third kappa shape index (κ3) is 8.63. The Morgan fingerprint density at radius 3 is 0.702 bits per heavy atom. The SMILES string of the molecule is CC[O][Ti]([O]CC)([O][Si](C1CCCCC1)(C1CCCCC1)C1CCCCC1)[O][Si](C1CCCCC1)(C1CCCCC1)C1CCCCC1. The minimum atomic E-state index is -4.20. The molecule has 0 unspecified atom stereocenters. The van der Waals surface area contributed by atoms with Crippen LogP contribution < -0.4 is 0 Å². The molecule has 0 saturated heterocycles. The zero-order chi connectivity index (χ0) is 32.4. The number of hydrogen-bond donors (Lipinski definition) is 0. The molecule has 0 heterocycles. The molecule has 0 amide bonds. The Morgan fingerprint density at radius 1 is 0.340 bits per heavy atom. The van der Waals surface area contributed by atoms with E-state index in [2.05, 4.69) is 13.8 Å². The van der Waals surface area contributed by atoms with Crippen LogP contribution in [0.3, 0.4) is 0 Å². The molecular weight excluding hydrogens is 648 g/mol. The van der Waals surface area contributed by atoms with Gasteiger partial charge in [-0.25, -0.2) is 0 Å². The van der Waals surface area contributed by atoms with Gasteiger partial charge in [0.15, 0.2) is 0 Å².